The van der Waals surface area contributed by atoms with Gasteiger partial charge in [-0.3, -0.25) is 4.79 Å². The summed E-state index contributed by atoms with van der Waals surface area (Å²) in [6.07, 6.45) is 1.17. The number of aliphatic hydroxyl groups is 1. The van der Waals surface area contributed by atoms with Crippen molar-refractivity contribution in [2.75, 3.05) is 13.1 Å². The number of carbonyl (C=O) groups excluding carboxylic acids is 1. The predicted octanol–water partition coefficient (Wildman–Crippen LogP) is 1.47. The lowest BCUT2D eigenvalue weighted by atomic mass is 9.69. The van der Waals surface area contributed by atoms with Gasteiger partial charge >= 0.3 is 5.97 Å². The fourth-order valence-electron chi connectivity index (χ4n) is 2.06. The maximum absolute atomic E-state index is 12.2. The molecule has 0 atom stereocenters. The average Bonchev–Trinajstić information content (AvgIpc) is 2.15. The first kappa shape index (κ1) is 14.5. The SMILES string of the molecule is CC(C)(C)OC(=O)C(C)(C)C1(O)CCNCC1. The average molecular weight is 243 g/mol. The molecule has 1 aliphatic heterocycles. The summed E-state index contributed by atoms with van der Waals surface area (Å²) < 4.78 is 5.40. The number of hydrogen-bond donors (Lipinski definition) is 2. The van der Waals surface area contributed by atoms with Gasteiger partial charge in [0.15, 0.2) is 0 Å². The van der Waals surface area contributed by atoms with Gasteiger partial charge in [-0.1, -0.05) is 0 Å². The van der Waals surface area contributed by atoms with Crippen LogP contribution in [-0.2, 0) is 9.53 Å². The summed E-state index contributed by atoms with van der Waals surface area (Å²) in [6.45, 7) is 10.5. The van der Waals surface area contributed by atoms with Crippen molar-refractivity contribution >= 4 is 5.97 Å². The first-order valence-corrected chi connectivity index (χ1v) is 6.25. The molecule has 100 valence electrons. The van der Waals surface area contributed by atoms with Gasteiger partial charge in [-0.2, -0.15) is 0 Å². The van der Waals surface area contributed by atoms with Crippen molar-refractivity contribution in [1.29, 1.82) is 0 Å². The molecular formula is C13H25NO3. The highest BCUT2D eigenvalue weighted by Gasteiger charge is 2.50. The fraction of sp³-hybridized carbons (Fsp3) is 0.923. The van der Waals surface area contributed by atoms with Crippen molar-refractivity contribution in [2.45, 2.75) is 58.7 Å². The summed E-state index contributed by atoms with van der Waals surface area (Å²) in [6, 6.07) is 0. The molecule has 1 rings (SSSR count). The first-order valence-electron chi connectivity index (χ1n) is 6.25. The van der Waals surface area contributed by atoms with E-state index in [-0.39, 0.29) is 5.97 Å². The monoisotopic (exact) mass is 243 g/mol. The Morgan fingerprint density at radius 2 is 1.65 bits per heavy atom. The standard InChI is InChI=1S/C13H25NO3/c1-11(2,3)17-10(15)12(4,5)13(16)6-8-14-9-7-13/h14,16H,6-9H2,1-5H3. The first-order chi connectivity index (χ1) is 7.58. The third-order valence-electron chi connectivity index (χ3n) is 3.50. The van der Waals surface area contributed by atoms with E-state index in [1.807, 2.05) is 20.8 Å². The van der Waals surface area contributed by atoms with Gasteiger partial charge in [0.2, 0.25) is 0 Å². The third kappa shape index (κ3) is 3.19. The van der Waals surface area contributed by atoms with Gasteiger partial charge in [-0.25, -0.2) is 0 Å². The molecule has 4 nitrogen and oxygen atoms in total. The van der Waals surface area contributed by atoms with Crippen LogP contribution in [-0.4, -0.2) is 35.4 Å². The number of esters is 1. The van der Waals surface area contributed by atoms with Crippen molar-refractivity contribution in [1.82, 2.24) is 5.32 Å². The molecule has 17 heavy (non-hydrogen) atoms. The van der Waals surface area contributed by atoms with E-state index < -0.39 is 16.6 Å². The van der Waals surface area contributed by atoms with Crippen LogP contribution in [0.1, 0.15) is 47.5 Å². The van der Waals surface area contributed by atoms with Crippen molar-refractivity contribution < 1.29 is 14.6 Å². The lowest BCUT2D eigenvalue weighted by Gasteiger charge is -2.44. The minimum absolute atomic E-state index is 0.325. The van der Waals surface area contributed by atoms with E-state index in [0.717, 1.165) is 13.1 Å². The normalized spacial score (nSPS) is 21.1. The Morgan fingerprint density at radius 1 is 1.18 bits per heavy atom. The van der Waals surface area contributed by atoms with Gasteiger partial charge in [0.25, 0.3) is 0 Å². The van der Waals surface area contributed by atoms with Crippen LogP contribution >= 0.6 is 0 Å². The molecule has 0 aromatic carbocycles. The molecule has 4 heteroatoms. The molecule has 0 unspecified atom stereocenters. The third-order valence-corrected chi connectivity index (χ3v) is 3.50. The molecule has 2 N–H and O–H groups in total. The van der Waals surface area contributed by atoms with Gasteiger partial charge in [-0.05, 0) is 60.5 Å². The zero-order valence-electron chi connectivity index (χ0n) is 11.6. The Kier molecular flexibility index (Phi) is 3.89. The van der Waals surface area contributed by atoms with Crippen LogP contribution in [0.2, 0.25) is 0 Å². The van der Waals surface area contributed by atoms with E-state index in [4.69, 9.17) is 4.74 Å². The Morgan fingerprint density at radius 3 is 2.06 bits per heavy atom. The summed E-state index contributed by atoms with van der Waals surface area (Å²) in [5.74, 6) is -0.325. The van der Waals surface area contributed by atoms with E-state index in [9.17, 15) is 9.90 Å². The van der Waals surface area contributed by atoms with Crippen LogP contribution < -0.4 is 5.32 Å². The molecule has 0 radical (unpaired) electrons. The number of nitrogens with one attached hydrogen (secondary N) is 1. The highest BCUT2D eigenvalue weighted by Crippen LogP contribution is 2.39. The van der Waals surface area contributed by atoms with Gasteiger partial charge < -0.3 is 15.2 Å². The van der Waals surface area contributed by atoms with Crippen molar-refractivity contribution in [2.24, 2.45) is 5.41 Å². The predicted molar refractivity (Wildman–Crippen MR) is 66.7 cm³/mol. The molecule has 0 saturated carbocycles. The van der Waals surface area contributed by atoms with Crippen LogP contribution in [0.15, 0.2) is 0 Å². The summed E-state index contributed by atoms with van der Waals surface area (Å²) in [4.78, 5) is 12.2. The number of hydrogen-bond acceptors (Lipinski definition) is 4. The molecule has 0 aromatic rings. The van der Waals surface area contributed by atoms with Gasteiger partial charge in [0.05, 0.1) is 11.0 Å². The molecule has 0 aromatic heterocycles. The van der Waals surface area contributed by atoms with Crippen LogP contribution in [0.25, 0.3) is 0 Å². The largest absolute Gasteiger partial charge is 0.459 e. The summed E-state index contributed by atoms with van der Waals surface area (Å²) >= 11 is 0. The second kappa shape index (κ2) is 4.58. The summed E-state index contributed by atoms with van der Waals surface area (Å²) in [7, 11) is 0. The Bertz CT molecular complexity index is 286. The van der Waals surface area contributed by atoms with Crippen LogP contribution in [0, 0.1) is 5.41 Å². The zero-order valence-corrected chi connectivity index (χ0v) is 11.6. The molecular weight excluding hydrogens is 218 g/mol. The van der Waals surface area contributed by atoms with E-state index in [0.29, 0.717) is 12.8 Å². The van der Waals surface area contributed by atoms with Crippen LogP contribution in [0.3, 0.4) is 0 Å². The number of rotatable bonds is 2. The van der Waals surface area contributed by atoms with E-state index in [1.54, 1.807) is 13.8 Å². The van der Waals surface area contributed by atoms with Crippen LogP contribution in [0.5, 0.6) is 0 Å². The second-order valence-corrected chi connectivity index (χ2v) is 6.41. The van der Waals surface area contributed by atoms with Gasteiger partial charge in [0, 0.05) is 0 Å². The van der Waals surface area contributed by atoms with Crippen molar-refractivity contribution in [3.05, 3.63) is 0 Å². The maximum atomic E-state index is 12.2. The molecule has 0 bridgehead atoms. The topological polar surface area (TPSA) is 58.6 Å². The molecule has 1 heterocycles. The fourth-order valence-corrected chi connectivity index (χ4v) is 2.06. The second-order valence-electron chi connectivity index (χ2n) is 6.41. The molecule has 0 amide bonds. The Balaban J connectivity index is 2.82. The van der Waals surface area contributed by atoms with Crippen LogP contribution in [0.4, 0.5) is 0 Å². The quantitative estimate of drug-likeness (QED) is 0.721. The lowest BCUT2D eigenvalue weighted by molar-refractivity contribution is -0.185. The summed E-state index contributed by atoms with van der Waals surface area (Å²) in [5.41, 5.74) is -2.36. The molecule has 1 saturated heterocycles. The minimum Gasteiger partial charge on any atom is -0.459 e. The number of ether oxygens (including phenoxy) is 1. The number of carbonyl (C=O) groups is 1. The van der Waals surface area contributed by atoms with Crippen molar-refractivity contribution in [3.8, 4) is 0 Å². The molecule has 0 aliphatic carbocycles. The van der Waals surface area contributed by atoms with Gasteiger partial charge in [0.1, 0.15) is 5.60 Å². The minimum atomic E-state index is -0.972. The Hall–Kier alpha value is -0.610. The lowest BCUT2D eigenvalue weighted by Crippen LogP contribution is -2.56. The van der Waals surface area contributed by atoms with E-state index >= 15 is 0 Å². The van der Waals surface area contributed by atoms with Gasteiger partial charge in [-0.15, -0.1) is 0 Å². The highest BCUT2D eigenvalue weighted by molar-refractivity contribution is 5.78. The maximum Gasteiger partial charge on any atom is 0.314 e. The van der Waals surface area contributed by atoms with E-state index in [2.05, 4.69) is 5.32 Å². The number of piperidine rings is 1. The molecule has 0 spiro atoms. The van der Waals surface area contributed by atoms with E-state index in [1.165, 1.54) is 0 Å². The molecule has 1 aliphatic rings. The van der Waals surface area contributed by atoms with Crippen molar-refractivity contribution in [3.63, 3.8) is 0 Å². The zero-order chi connectivity index (χ0) is 13.3. The highest BCUT2D eigenvalue weighted by atomic mass is 16.6. The molecule has 1 fully saturated rings. The smallest absolute Gasteiger partial charge is 0.314 e. The summed E-state index contributed by atoms with van der Waals surface area (Å²) in [5, 5.41) is 13.8. The Labute approximate surface area is 104 Å².